The molecule has 12 nitrogen and oxygen atoms in total. The number of nitro benzene ring substituents is 1. The number of carbonyl (C=O) groups excluding carboxylic acids is 3. The maximum atomic E-state index is 13.2. The third-order valence-electron chi connectivity index (χ3n) is 6.30. The zero-order chi connectivity index (χ0) is 27.2. The van der Waals surface area contributed by atoms with E-state index in [1.54, 1.807) is 31.2 Å². The van der Waals surface area contributed by atoms with Crippen LogP contribution in [0.3, 0.4) is 0 Å². The van der Waals surface area contributed by atoms with E-state index in [1.165, 1.54) is 25.3 Å². The quantitative estimate of drug-likeness (QED) is 0.286. The molecule has 0 aromatic heterocycles. The summed E-state index contributed by atoms with van der Waals surface area (Å²) in [5, 5.41) is 16.6. The molecule has 1 atom stereocenters. The molecule has 4 rings (SSSR count). The van der Waals surface area contributed by atoms with Gasteiger partial charge >= 0.3 is 18.0 Å². The van der Waals surface area contributed by atoms with Crippen molar-refractivity contribution >= 4 is 29.3 Å². The van der Waals surface area contributed by atoms with Crippen LogP contribution >= 0.6 is 0 Å². The molecule has 2 aromatic rings. The average molecular weight is 525 g/mol. The Kier molecular flexibility index (Phi) is 8.09. The number of amides is 2. The first kappa shape index (κ1) is 26.5. The summed E-state index contributed by atoms with van der Waals surface area (Å²) in [6.45, 7) is 2.70. The highest BCUT2D eigenvalue weighted by Gasteiger charge is 2.34. The number of non-ortho nitro benzene ring substituents is 1. The summed E-state index contributed by atoms with van der Waals surface area (Å²) >= 11 is 0. The Hall–Kier alpha value is -4.61. The molecule has 2 aliphatic heterocycles. The molecule has 0 unspecified atom stereocenters. The standard InChI is InChI=1S/C26H28N4O8/c1-3-37-25(32)22-20(27-26(33)28-23(22)16-6-9-18(36-2)10-7-16)15-38-24(31)19-14-17(30(34)35)8-11-21(19)29-12-4-5-13-29/h6-11,14,23H,3-5,12-13,15H2,1-2H3,(H2,27,28,33)/t23-/m0/s1. The van der Waals surface area contributed by atoms with Crippen molar-refractivity contribution < 1.29 is 33.5 Å². The van der Waals surface area contributed by atoms with Gasteiger partial charge in [-0.25, -0.2) is 14.4 Å². The lowest BCUT2D eigenvalue weighted by Gasteiger charge is -2.29. The Morgan fingerprint density at radius 1 is 1.08 bits per heavy atom. The van der Waals surface area contributed by atoms with Gasteiger partial charge in [0, 0.05) is 25.2 Å². The third-order valence-corrected chi connectivity index (χ3v) is 6.30. The summed E-state index contributed by atoms with van der Waals surface area (Å²) in [7, 11) is 1.52. The van der Waals surface area contributed by atoms with Crippen molar-refractivity contribution in [3.63, 3.8) is 0 Å². The van der Waals surface area contributed by atoms with Gasteiger partial charge in [0.15, 0.2) is 0 Å². The van der Waals surface area contributed by atoms with Gasteiger partial charge < -0.3 is 29.7 Å². The highest BCUT2D eigenvalue weighted by atomic mass is 16.6. The molecule has 2 aliphatic rings. The molecule has 1 saturated heterocycles. The van der Waals surface area contributed by atoms with Crippen LogP contribution in [-0.2, 0) is 14.3 Å². The number of esters is 2. The number of hydrogen-bond donors (Lipinski definition) is 2. The van der Waals surface area contributed by atoms with Crippen molar-refractivity contribution in [3.05, 3.63) is 75.0 Å². The minimum atomic E-state index is -0.875. The zero-order valence-electron chi connectivity index (χ0n) is 21.0. The molecule has 2 heterocycles. The number of methoxy groups -OCH3 is 1. The summed E-state index contributed by atoms with van der Waals surface area (Å²) in [5.41, 5.74) is 1.02. The smallest absolute Gasteiger partial charge is 0.340 e. The summed E-state index contributed by atoms with van der Waals surface area (Å²) in [4.78, 5) is 51.4. The van der Waals surface area contributed by atoms with Gasteiger partial charge in [-0.15, -0.1) is 0 Å². The maximum absolute atomic E-state index is 13.2. The number of benzene rings is 2. The minimum absolute atomic E-state index is 0.0337. The Morgan fingerprint density at radius 3 is 2.42 bits per heavy atom. The van der Waals surface area contributed by atoms with Crippen LogP contribution in [-0.4, -0.2) is 56.3 Å². The largest absolute Gasteiger partial charge is 0.497 e. The predicted octanol–water partition coefficient (Wildman–Crippen LogP) is 3.23. The van der Waals surface area contributed by atoms with E-state index in [1.807, 2.05) is 4.90 Å². The number of urea groups is 1. The van der Waals surface area contributed by atoms with E-state index in [0.29, 0.717) is 30.1 Å². The van der Waals surface area contributed by atoms with E-state index in [-0.39, 0.29) is 29.1 Å². The van der Waals surface area contributed by atoms with Crippen LogP contribution in [0.15, 0.2) is 53.7 Å². The molecule has 2 amide bonds. The second-order valence-electron chi connectivity index (χ2n) is 8.65. The van der Waals surface area contributed by atoms with Crippen LogP contribution in [0.25, 0.3) is 0 Å². The third kappa shape index (κ3) is 5.69. The molecule has 0 bridgehead atoms. The van der Waals surface area contributed by atoms with Crippen molar-refractivity contribution in [1.29, 1.82) is 0 Å². The van der Waals surface area contributed by atoms with E-state index < -0.39 is 35.5 Å². The number of nitro groups is 1. The fraction of sp³-hybridized carbons (Fsp3) is 0.346. The van der Waals surface area contributed by atoms with Gasteiger partial charge in [-0.05, 0) is 43.5 Å². The SMILES string of the molecule is CCOC(=O)C1=C(COC(=O)c2cc([N+](=O)[O-])ccc2N2CCCC2)NC(=O)N[C@H]1c1ccc(OC)cc1. The number of carbonyl (C=O) groups is 3. The second-order valence-corrected chi connectivity index (χ2v) is 8.65. The molecule has 2 aromatic carbocycles. The van der Waals surface area contributed by atoms with Crippen LogP contribution in [0.1, 0.15) is 41.7 Å². The predicted molar refractivity (Wildman–Crippen MR) is 136 cm³/mol. The second kappa shape index (κ2) is 11.6. The van der Waals surface area contributed by atoms with Gasteiger partial charge in [0.05, 0.1) is 47.2 Å². The van der Waals surface area contributed by atoms with E-state index in [9.17, 15) is 24.5 Å². The van der Waals surface area contributed by atoms with Gasteiger partial charge in [0.1, 0.15) is 12.4 Å². The topological polar surface area (TPSA) is 149 Å². The lowest BCUT2D eigenvalue weighted by molar-refractivity contribution is -0.384. The minimum Gasteiger partial charge on any atom is -0.497 e. The van der Waals surface area contributed by atoms with Crippen LogP contribution in [0.4, 0.5) is 16.2 Å². The summed E-state index contributed by atoms with van der Waals surface area (Å²) < 4.78 is 15.9. The Bertz CT molecular complexity index is 1270. The van der Waals surface area contributed by atoms with Crippen LogP contribution in [0.2, 0.25) is 0 Å². The van der Waals surface area contributed by atoms with E-state index in [0.717, 1.165) is 12.8 Å². The normalized spacial score (nSPS) is 16.9. The molecular formula is C26H28N4O8. The van der Waals surface area contributed by atoms with Gasteiger partial charge in [-0.2, -0.15) is 0 Å². The number of anilines is 1. The van der Waals surface area contributed by atoms with E-state index in [4.69, 9.17) is 14.2 Å². The van der Waals surface area contributed by atoms with Crippen molar-refractivity contribution in [3.8, 4) is 5.75 Å². The number of rotatable bonds is 9. The fourth-order valence-corrected chi connectivity index (χ4v) is 4.48. The number of nitrogens with zero attached hydrogens (tertiary/aromatic N) is 2. The average Bonchev–Trinajstić information content (AvgIpc) is 3.46. The summed E-state index contributed by atoms with van der Waals surface area (Å²) in [6.07, 6.45) is 1.88. The van der Waals surface area contributed by atoms with Crippen molar-refractivity contribution in [2.75, 3.05) is 38.3 Å². The first-order valence-corrected chi connectivity index (χ1v) is 12.1. The molecule has 200 valence electrons. The lowest BCUT2D eigenvalue weighted by atomic mass is 9.95. The molecule has 0 radical (unpaired) electrons. The molecule has 0 spiro atoms. The molecule has 38 heavy (non-hydrogen) atoms. The number of hydrogen-bond acceptors (Lipinski definition) is 9. The first-order valence-electron chi connectivity index (χ1n) is 12.1. The molecule has 12 heteroatoms. The number of ether oxygens (including phenoxy) is 3. The summed E-state index contributed by atoms with van der Waals surface area (Å²) in [5.74, 6) is -0.921. The summed E-state index contributed by atoms with van der Waals surface area (Å²) in [6, 6.07) is 9.36. The Morgan fingerprint density at radius 2 is 1.79 bits per heavy atom. The van der Waals surface area contributed by atoms with Gasteiger partial charge in [-0.3, -0.25) is 10.1 Å². The Balaban J connectivity index is 1.66. The van der Waals surface area contributed by atoms with E-state index >= 15 is 0 Å². The van der Waals surface area contributed by atoms with Crippen LogP contribution in [0.5, 0.6) is 5.75 Å². The molecular weight excluding hydrogens is 496 g/mol. The van der Waals surface area contributed by atoms with Gasteiger partial charge in [0.25, 0.3) is 5.69 Å². The zero-order valence-corrected chi connectivity index (χ0v) is 21.0. The Labute approximate surface area is 218 Å². The van der Waals surface area contributed by atoms with Crippen molar-refractivity contribution in [2.24, 2.45) is 0 Å². The van der Waals surface area contributed by atoms with Crippen LogP contribution < -0.4 is 20.3 Å². The van der Waals surface area contributed by atoms with Crippen molar-refractivity contribution in [2.45, 2.75) is 25.8 Å². The van der Waals surface area contributed by atoms with Crippen LogP contribution in [0, 0.1) is 10.1 Å². The highest BCUT2D eigenvalue weighted by Crippen LogP contribution is 2.31. The van der Waals surface area contributed by atoms with Crippen molar-refractivity contribution in [1.82, 2.24) is 10.6 Å². The maximum Gasteiger partial charge on any atom is 0.340 e. The van der Waals surface area contributed by atoms with Gasteiger partial charge in [-0.1, -0.05) is 12.1 Å². The highest BCUT2D eigenvalue weighted by molar-refractivity contribution is 5.98. The molecule has 0 saturated carbocycles. The van der Waals surface area contributed by atoms with Gasteiger partial charge in [0.2, 0.25) is 0 Å². The molecule has 0 aliphatic carbocycles. The lowest BCUT2D eigenvalue weighted by Crippen LogP contribution is -2.47. The fourth-order valence-electron chi connectivity index (χ4n) is 4.48. The first-order chi connectivity index (χ1) is 18.3. The number of nitrogens with one attached hydrogen (secondary N) is 2. The monoisotopic (exact) mass is 524 g/mol. The molecule has 1 fully saturated rings. The molecule has 2 N–H and O–H groups in total. The van der Waals surface area contributed by atoms with E-state index in [2.05, 4.69) is 10.6 Å².